The lowest BCUT2D eigenvalue weighted by molar-refractivity contribution is -0.278. The van der Waals surface area contributed by atoms with Crippen LogP contribution >= 0.6 is 0 Å². The molecule has 1 saturated heterocycles. The van der Waals surface area contributed by atoms with Gasteiger partial charge in [-0.1, -0.05) is 12.1 Å². The molecule has 0 saturated carbocycles. The van der Waals surface area contributed by atoms with Crippen molar-refractivity contribution in [2.75, 3.05) is 20.3 Å². The number of aliphatic hydroxyl groups is 4. The molecule has 11 nitrogen and oxygen atoms in total. The van der Waals surface area contributed by atoms with Crippen LogP contribution in [0.1, 0.15) is 11.1 Å². The molecule has 0 aliphatic carbocycles. The summed E-state index contributed by atoms with van der Waals surface area (Å²) in [6, 6.07) is 8.81. The Balaban J connectivity index is 1.66. The number of aromatic hydroxyl groups is 1. The maximum Gasteiger partial charge on any atom is 0.245 e. The molecule has 34 heavy (non-hydrogen) atoms. The van der Waals surface area contributed by atoms with Gasteiger partial charge in [0.05, 0.1) is 25.1 Å². The Morgan fingerprint density at radius 3 is 2.50 bits per heavy atom. The zero-order chi connectivity index (χ0) is 24.2. The third-order valence-corrected chi connectivity index (χ3v) is 5.89. The van der Waals surface area contributed by atoms with E-state index < -0.39 is 37.3 Å². The van der Waals surface area contributed by atoms with Gasteiger partial charge < -0.3 is 39.7 Å². The SMILES string of the molecule is COCCn1nc(O[C@@H]2O[C@H](CO)[C@@H](O)[C@H](O)[C@H]2O)c2c(CCc3ccc(O)cc3)ccnc21. The number of rotatable bonds is 9. The number of benzene rings is 1. The predicted molar refractivity (Wildman–Crippen MR) is 119 cm³/mol. The van der Waals surface area contributed by atoms with Crippen LogP contribution in [0, 0.1) is 0 Å². The van der Waals surface area contributed by atoms with E-state index in [1.807, 2.05) is 18.2 Å². The minimum absolute atomic E-state index is 0.143. The molecule has 0 spiro atoms. The van der Waals surface area contributed by atoms with E-state index in [0.717, 1.165) is 11.1 Å². The Kier molecular flexibility index (Phi) is 7.61. The number of ether oxygens (including phenoxy) is 3. The summed E-state index contributed by atoms with van der Waals surface area (Å²) in [6.45, 7) is 0.225. The van der Waals surface area contributed by atoms with Crippen LogP contribution in [-0.4, -0.2) is 91.3 Å². The normalized spacial score (nSPS) is 25.0. The van der Waals surface area contributed by atoms with Crippen LogP contribution in [0.3, 0.4) is 0 Å². The molecule has 3 aromatic rings. The molecule has 1 aliphatic heterocycles. The molecule has 0 unspecified atom stereocenters. The van der Waals surface area contributed by atoms with Crippen LogP contribution < -0.4 is 4.74 Å². The maximum absolute atomic E-state index is 10.4. The van der Waals surface area contributed by atoms with Gasteiger partial charge in [-0.3, -0.25) is 0 Å². The second-order valence-corrected chi connectivity index (χ2v) is 8.17. The molecule has 0 bridgehead atoms. The minimum atomic E-state index is -1.56. The highest BCUT2D eigenvalue weighted by molar-refractivity contribution is 5.85. The van der Waals surface area contributed by atoms with Crippen molar-refractivity contribution >= 4 is 11.0 Å². The number of phenols is 1. The van der Waals surface area contributed by atoms with Gasteiger partial charge >= 0.3 is 0 Å². The summed E-state index contributed by atoms with van der Waals surface area (Å²) >= 11 is 0. The van der Waals surface area contributed by atoms with Crippen LogP contribution in [0.5, 0.6) is 11.6 Å². The van der Waals surface area contributed by atoms with E-state index in [1.54, 1.807) is 30.1 Å². The molecule has 0 radical (unpaired) electrons. The maximum atomic E-state index is 10.4. The van der Waals surface area contributed by atoms with Crippen molar-refractivity contribution in [2.45, 2.75) is 50.1 Å². The summed E-state index contributed by atoms with van der Waals surface area (Å²) in [5.74, 6) is 0.342. The standard InChI is InChI=1S/C23H29N3O8/c1-32-11-10-26-21-17(14(8-9-24-21)5-2-13-3-6-15(28)7-4-13)22(25-26)34-23-20(31)19(30)18(29)16(12-27)33-23/h3-4,6-9,16,18-20,23,27-31H,2,5,10-12H2,1H3/t16-,18-,19+,20-,23+/m1/s1. The first-order valence-corrected chi connectivity index (χ1v) is 11.0. The van der Waals surface area contributed by atoms with E-state index in [1.165, 1.54) is 0 Å². The van der Waals surface area contributed by atoms with Gasteiger partial charge in [-0.2, -0.15) is 0 Å². The Labute approximate surface area is 195 Å². The van der Waals surface area contributed by atoms with Crippen molar-refractivity contribution in [1.82, 2.24) is 14.8 Å². The van der Waals surface area contributed by atoms with Gasteiger partial charge in [-0.25, -0.2) is 9.67 Å². The molecule has 4 rings (SSSR count). The van der Waals surface area contributed by atoms with Crippen molar-refractivity contribution < 1.29 is 39.7 Å². The number of hydrogen-bond acceptors (Lipinski definition) is 10. The van der Waals surface area contributed by atoms with Crippen LogP contribution in [0.4, 0.5) is 0 Å². The molecular formula is C23H29N3O8. The second-order valence-electron chi connectivity index (χ2n) is 8.17. The summed E-state index contributed by atoms with van der Waals surface area (Å²) in [4.78, 5) is 4.45. The van der Waals surface area contributed by atoms with E-state index in [9.17, 15) is 25.5 Å². The van der Waals surface area contributed by atoms with E-state index in [0.29, 0.717) is 37.0 Å². The predicted octanol–water partition coefficient (Wildman–Crippen LogP) is -0.253. The molecule has 2 aromatic heterocycles. The largest absolute Gasteiger partial charge is 0.508 e. The summed E-state index contributed by atoms with van der Waals surface area (Å²) < 4.78 is 18.2. The fraction of sp³-hybridized carbons (Fsp3) is 0.478. The fourth-order valence-electron chi connectivity index (χ4n) is 3.97. The molecule has 1 aliphatic rings. The first kappa shape index (κ1) is 24.3. The van der Waals surface area contributed by atoms with E-state index in [2.05, 4.69) is 10.1 Å². The topological polar surface area (TPSA) is 160 Å². The highest BCUT2D eigenvalue weighted by Gasteiger charge is 2.45. The molecule has 5 N–H and O–H groups in total. The quantitative estimate of drug-likeness (QED) is 0.279. The van der Waals surface area contributed by atoms with E-state index >= 15 is 0 Å². The number of pyridine rings is 1. The van der Waals surface area contributed by atoms with E-state index in [-0.39, 0.29) is 11.6 Å². The average molecular weight is 475 g/mol. The van der Waals surface area contributed by atoms with Gasteiger partial charge in [0.2, 0.25) is 12.2 Å². The number of aryl methyl sites for hydroxylation is 2. The zero-order valence-corrected chi connectivity index (χ0v) is 18.7. The van der Waals surface area contributed by atoms with Crippen LogP contribution in [0.25, 0.3) is 11.0 Å². The summed E-state index contributed by atoms with van der Waals surface area (Å²) in [5, 5.41) is 54.7. The van der Waals surface area contributed by atoms with Crippen molar-refractivity contribution in [3.63, 3.8) is 0 Å². The van der Waals surface area contributed by atoms with Gasteiger partial charge in [0.1, 0.15) is 30.2 Å². The monoisotopic (exact) mass is 475 g/mol. The van der Waals surface area contributed by atoms with E-state index in [4.69, 9.17) is 14.2 Å². The number of aliphatic hydroxyl groups excluding tert-OH is 4. The van der Waals surface area contributed by atoms with Crippen molar-refractivity contribution in [3.8, 4) is 11.6 Å². The summed E-state index contributed by atoms with van der Waals surface area (Å²) in [6.07, 6.45) is -4.10. The summed E-state index contributed by atoms with van der Waals surface area (Å²) in [5.41, 5.74) is 2.48. The second kappa shape index (κ2) is 10.6. The third kappa shape index (κ3) is 4.99. The van der Waals surface area contributed by atoms with Gasteiger partial charge in [-0.05, 0) is 42.2 Å². The molecule has 0 amide bonds. The Morgan fingerprint density at radius 2 is 1.79 bits per heavy atom. The number of nitrogens with zero attached hydrogens (tertiary/aromatic N) is 3. The number of hydrogen-bond donors (Lipinski definition) is 5. The molecule has 3 heterocycles. The van der Waals surface area contributed by atoms with Crippen molar-refractivity contribution in [1.29, 1.82) is 0 Å². The molecule has 5 atom stereocenters. The molecule has 1 aromatic carbocycles. The lowest BCUT2D eigenvalue weighted by Gasteiger charge is -2.39. The van der Waals surface area contributed by atoms with Crippen molar-refractivity contribution in [2.24, 2.45) is 0 Å². The molecule has 1 fully saturated rings. The Hall–Kier alpha value is -2.80. The van der Waals surface area contributed by atoms with Gasteiger partial charge in [-0.15, -0.1) is 5.10 Å². The number of aromatic nitrogens is 3. The third-order valence-electron chi connectivity index (χ3n) is 5.89. The van der Waals surface area contributed by atoms with Gasteiger partial charge in [0.25, 0.3) is 0 Å². The smallest absolute Gasteiger partial charge is 0.245 e. The minimum Gasteiger partial charge on any atom is -0.508 e. The molecule has 184 valence electrons. The Morgan fingerprint density at radius 1 is 1.03 bits per heavy atom. The summed E-state index contributed by atoms with van der Waals surface area (Å²) in [7, 11) is 1.58. The van der Waals surface area contributed by atoms with Crippen LogP contribution in [0.2, 0.25) is 0 Å². The van der Waals surface area contributed by atoms with Gasteiger partial charge in [0.15, 0.2) is 5.65 Å². The molecular weight excluding hydrogens is 446 g/mol. The fourth-order valence-corrected chi connectivity index (χ4v) is 3.97. The van der Waals surface area contributed by atoms with Gasteiger partial charge in [0, 0.05) is 13.3 Å². The first-order chi connectivity index (χ1) is 16.4. The number of fused-ring (bicyclic) bond motifs is 1. The Bertz CT molecular complexity index is 1090. The average Bonchev–Trinajstić information content (AvgIpc) is 3.20. The highest BCUT2D eigenvalue weighted by atomic mass is 16.7. The van der Waals surface area contributed by atoms with Crippen LogP contribution in [0.15, 0.2) is 36.5 Å². The van der Waals surface area contributed by atoms with Crippen molar-refractivity contribution in [3.05, 3.63) is 47.7 Å². The number of methoxy groups -OCH3 is 1. The zero-order valence-electron chi connectivity index (χ0n) is 18.7. The first-order valence-electron chi connectivity index (χ1n) is 11.0. The lowest BCUT2D eigenvalue weighted by atomic mass is 9.99. The number of phenolic OH excluding ortho intramolecular Hbond substituents is 1. The molecule has 11 heteroatoms. The highest BCUT2D eigenvalue weighted by Crippen LogP contribution is 2.31. The lowest BCUT2D eigenvalue weighted by Crippen LogP contribution is -2.60. The van der Waals surface area contributed by atoms with Crippen LogP contribution in [-0.2, 0) is 28.9 Å².